The highest BCUT2D eigenvalue weighted by molar-refractivity contribution is 6.30. The first kappa shape index (κ1) is 13.0. The van der Waals surface area contributed by atoms with E-state index in [0.717, 1.165) is 11.3 Å². The molecule has 0 aliphatic heterocycles. The van der Waals surface area contributed by atoms with Crippen LogP contribution in [-0.2, 0) is 0 Å². The zero-order chi connectivity index (χ0) is 13.9. The van der Waals surface area contributed by atoms with E-state index in [4.69, 9.17) is 21.6 Å². The lowest BCUT2D eigenvalue weighted by atomic mass is 10.1. The number of benzene rings is 1. The summed E-state index contributed by atoms with van der Waals surface area (Å²) in [6.45, 7) is 0.716. The van der Waals surface area contributed by atoms with Crippen molar-refractivity contribution >= 4 is 11.6 Å². The first-order valence-electron chi connectivity index (χ1n) is 6.56. The summed E-state index contributed by atoms with van der Waals surface area (Å²) in [7, 11) is 0. The van der Waals surface area contributed by atoms with E-state index >= 15 is 0 Å². The van der Waals surface area contributed by atoms with Gasteiger partial charge < -0.3 is 4.74 Å². The smallest absolute Gasteiger partial charge is 0.145 e. The van der Waals surface area contributed by atoms with Crippen LogP contribution in [-0.4, -0.2) is 11.6 Å². The highest BCUT2D eigenvalue weighted by atomic mass is 35.5. The number of hydrogen-bond donors (Lipinski definition) is 0. The number of hydrogen-bond acceptors (Lipinski definition) is 3. The summed E-state index contributed by atoms with van der Waals surface area (Å²) < 4.78 is 5.84. The topological polar surface area (TPSA) is 45.9 Å². The molecule has 1 heterocycles. The fourth-order valence-corrected chi connectivity index (χ4v) is 2.06. The third-order valence-electron chi connectivity index (χ3n) is 3.26. The van der Waals surface area contributed by atoms with Crippen molar-refractivity contribution in [3.63, 3.8) is 0 Å². The first-order chi connectivity index (χ1) is 9.76. The van der Waals surface area contributed by atoms with Gasteiger partial charge in [-0.3, -0.25) is 0 Å². The van der Waals surface area contributed by atoms with Gasteiger partial charge in [-0.25, -0.2) is 4.98 Å². The number of halogens is 1. The van der Waals surface area contributed by atoms with Gasteiger partial charge in [0.2, 0.25) is 0 Å². The van der Waals surface area contributed by atoms with Gasteiger partial charge in [-0.1, -0.05) is 23.7 Å². The van der Waals surface area contributed by atoms with Crippen LogP contribution in [0.5, 0.6) is 5.75 Å². The van der Waals surface area contributed by atoms with Gasteiger partial charge in [0.15, 0.2) is 0 Å². The van der Waals surface area contributed by atoms with Crippen molar-refractivity contribution in [1.82, 2.24) is 4.98 Å². The molecule has 3 rings (SSSR count). The van der Waals surface area contributed by atoms with Gasteiger partial charge in [0.1, 0.15) is 23.2 Å². The standard InChI is InChI=1S/C16H13ClN2O/c17-13-5-3-12(4-6-13)16-15(20-10-11-1-2-11)8-7-14(9-18)19-16/h3-8,11H,1-2,10H2. The Hall–Kier alpha value is -2.05. The summed E-state index contributed by atoms with van der Waals surface area (Å²) in [6.07, 6.45) is 2.47. The second-order valence-corrected chi connectivity index (χ2v) is 5.35. The van der Waals surface area contributed by atoms with Gasteiger partial charge in [0.25, 0.3) is 0 Å². The zero-order valence-corrected chi connectivity index (χ0v) is 11.6. The molecule has 0 radical (unpaired) electrons. The van der Waals surface area contributed by atoms with Crippen molar-refractivity contribution in [2.45, 2.75) is 12.8 Å². The molecular weight excluding hydrogens is 272 g/mol. The molecule has 2 aromatic rings. The van der Waals surface area contributed by atoms with Crippen molar-refractivity contribution in [3.05, 3.63) is 47.1 Å². The van der Waals surface area contributed by atoms with Crippen LogP contribution in [0.25, 0.3) is 11.3 Å². The number of rotatable bonds is 4. The Balaban J connectivity index is 1.95. The number of ether oxygens (including phenoxy) is 1. The molecule has 3 nitrogen and oxygen atoms in total. The molecule has 0 saturated heterocycles. The summed E-state index contributed by atoms with van der Waals surface area (Å²) in [5.74, 6) is 1.39. The van der Waals surface area contributed by atoms with E-state index in [2.05, 4.69) is 11.1 Å². The van der Waals surface area contributed by atoms with Crippen LogP contribution in [0.15, 0.2) is 36.4 Å². The Morgan fingerprint density at radius 3 is 2.60 bits per heavy atom. The maximum absolute atomic E-state index is 9.00. The fourth-order valence-electron chi connectivity index (χ4n) is 1.93. The molecule has 0 atom stereocenters. The summed E-state index contributed by atoms with van der Waals surface area (Å²) in [6, 6.07) is 12.9. The third-order valence-corrected chi connectivity index (χ3v) is 3.51. The van der Waals surface area contributed by atoms with Gasteiger partial charge in [0, 0.05) is 10.6 Å². The molecule has 0 bridgehead atoms. The lowest BCUT2D eigenvalue weighted by Crippen LogP contribution is -2.02. The van der Waals surface area contributed by atoms with E-state index < -0.39 is 0 Å². The van der Waals surface area contributed by atoms with E-state index in [0.29, 0.717) is 28.9 Å². The molecule has 1 aliphatic carbocycles. The molecule has 0 amide bonds. The SMILES string of the molecule is N#Cc1ccc(OCC2CC2)c(-c2ccc(Cl)cc2)n1. The summed E-state index contributed by atoms with van der Waals surface area (Å²) in [5.41, 5.74) is 1.98. The molecule has 4 heteroatoms. The van der Waals surface area contributed by atoms with Crippen molar-refractivity contribution in [2.24, 2.45) is 5.92 Å². The molecule has 1 aromatic carbocycles. The molecule has 20 heavy (non-hydrogen) atoms. The van der Waals surface area contributed by atoms with Gasteiger partial charge in [-0.05, 0) is 43.0 Å². The monoisotopic (exact) mass is 284 g/mol. The van der Waals surface area contributed by atoms with Crippen LogP contribution < -0.4 is 4.74 Å². The van der Waals surface area contributed by atoms with Crippen LogP contribution in [0.2, 0.25) is 5.02 Å². The van der Waals surface area contributed by atoms with Gasteiger partial charge in [-0.15, -0.1) is 0 Å². The molecule has 100 valence electrons. The fraction of sp³-hybridized carbons (Fsp3) is 0.250. The minimum Gasteiger partial charge on any atom is -0.491 e. The van der Waals surface area contributed by atoms with E-state index in [9.17, 15) is 0 Å². The second kappa shape index (κ2) is 5.52. The highest BCUT2D eigenvalue weighted by Crippen LogP contribution is 2.33. The van der Waals surface area contributed by atoms with Crippen LogP contribution in [0.4, 0.5) is 0 Å². The summed E-state index contributed by atoms with van der Waals surface area (Å²) >= 11 is 5.90. The minimum atomic E-state index is 0.383. The van der Waals surface area contributed by atoms with E-state index in [1.165, 1.54) is 12.8 Å². The Morgan fingerprint density at radius 2 is 1.95 bits per heavy atom. The van der Waals surface area contributed by atoms with E-state index in [1.807, 2.05) is 30.3 Å². The summed E-state index contributed by atoms with van der Waals surface area (Å²) in [5, 5.41) is 9.67. The maximum Gasteiger partial charge on any atom is 0.145 e. The molecule has 1 aliphatic rings. The molecule has 1 aromatic heterocycles. The van der Waals surface area contributed by atoms with Gasteiger partial charge >= 0.3 is 0 Å². The zero-order valence-electron chi connectivity index (χ0n) is 10.8. The van der Waals surface area contributed by atoms with E-state index in [1.54, 1.807) is 6.07 Å². The Labute approximate surface area is 122 Å². The quantitative estimate of drug-likeness (QED) is 0.850. The maximum atomic E-state index is 9.00. The second-order valence-electron chi connectivity index (χ2n) is 4.92. The molecule has 0 spiro atoms. The number of aromatic nitrogens is 1. The molecular formula is C16H13ClN2O. The number of nitriles is 1. The average Bonchev–Trinajstić information content (AvgIpc) is 3.30. The Bertz CT molecular complexity index is 657. The predicted molar refractivity (Wildman–Crippen MR) is 77.6 cm³/mol. The largest absolute Gasteiger partial charge is 0.491 e. The van der Waals surface area contributed by atoms with Crippen LogP contribution in [0.1, 0.15) is 18.5 Å². The molecule has 0 unspecified atom stereocenters. The molecule has 1 saturated carbocycles. The van der Waals surface area contributed by atoms with Crippen molar-refractivity contribution in [2.75, 3.05) is 6.61 Å². The van der Waals surface area contributed by atoms with Gasteiger partial charge in [0.05, 0.1) is 6.61 Å². The van der Waals surface area contributed by atoms with Gasteiger partial charge in [-0.2, -0.15) is 5.26 Å². The number of pyridine rings is 1. The average molecular weight is 285 g/mol. The highest BCUT2D eigenvalue weighted by Gasteiger charge is 2.22. The molecule has 1 fully saturated rings. The molecule has 0 N–H and O–H groups in total. The normalized spacial score (nSPS) is 13.8. The van der Waals surface area contributed by atoms with E-state index in [-0.39, 0.29) is 0 Å². The van der Waals surface area contributed by atoms with Crippen molar-refractivity contribution < 1.29 is 4.74 Å². The Kier molecular flexibility index (Phi) is 3.58. The van der Waals surface area contributed by atoms with Crippen molar-refractivity contribution in [1.29, 1.82) is 5.26 Å². The predicted octanol–water partition coefficient (Wildman–Crippen LogP) is 4.06. The Morgan fingerprint density at radius 1 is 1.20 bits per heavy atom. The first-order valence-corrected chi connectivity index (χ1v) is 6.94. The van der Waals surface area contributed by atoms with Crippen LogP contribution in [0.3, 0.4) is 0 Å². The number of nitrogens with zero attached hydrogens (tertiary/aromatic N) is 2. The third kappa shape index (κ3) is 2.92. The minimum absolute atomic E-state index is 0.383. The lowest BCUT2D eigenvalue weighted by molar-refractivity contribution is 0.300. The van der Waals surface area contributed by atoms with Crippen LogP contribution in [0, 0.1) is 17.2 Å². The van der Waals surface area contributed by atoms with Crippen LogP contribution >= 0.6 is 11.6 Å². The lowest BCUT2D eigenvalue weighted by Gasteiger charge is -2.11. The van der Waals surface area contributed by atoms with Crippen molar-refractivity contribution in [3.8, 4) is 23.1 Å². The summed E-state index contributed by atoms with van der Waals surface area (Å²) in [4.78, 5) is 4.36.